The van der Waals surface area contributed by atoms with Crippen molar-refractivity contribution in [2.24, 2.45) is 0 Å². The van der Waals surface area contributed by atoms with E-state index < -0.39 is 5.60 Å². The fourth-order valence-corrected chi connectivity index (χ4v) is 2.49. The topological polar surface area (TPSA) is 82.5 Å². The van der Waals surface area contributed by atoms with Gasteiger partial charge in [-0.15, -0.1) is 0 Å². The number of aromatic nitrogens is 1. The van der Waals surface area contributed by atoms with Crippen LogP contribution in [0.5, 0.6) is 5.75 Å². The molecule has 0 saturated heterocycles. The maximum Gasteiger partial charge on any atom is 0.219 e. The van der Waals surface area contributed by atoms with Gasteiger partial charge in [-0.25, -0.2) is 0 Å². The second-order valence-corrected chi connectivity index (χ2v) is 5.13. The molecule has 0 unspecified atom stereocenters. The van der Waals surface area contributed by atoms with Gasteiger partial charge in [0.1, 0.15) is 11.4 Å². The number of nitrogens with zero attached hydrogens (tertiary/aromatic N) is 1. The molecule has 0 atom stereocenters. The SMILES string of the molecule is CCC(=O)NC1CCC(O)(c2ccc(O)cn2)CC1. The van der Waals surface area contributed by atoms with Gasteiger partial charge in [-0.2, -0.15) is 0 Å². The van der Waals surface area contributed by atoms with Crippen LogP contribution in [0.25, 0.3) is 0 Å². The second kappa shape index (κ2) is 5.57. The number of rotatable bonds is 3. The van der Waals surface area contributed by atoms with Crippen LogP contribution in [0.15, 0.2) is 18.3 Å². The van der Waals surface area contributed by atoms with Crippen LogP contribution in [0, 0.1) is 0 Å². The average Bonchev–Trinajstić information content (AvgIpc) is 2.42. The Hall–Kier alpha value is -1.62. The fourth-order valence-electron chi connectivity index (χ4n) is 2.49. The molecule has 0 spiro atoms. The number of carbonyl (C=O) groups excluding carboxylic acids is 1. The van der Waals surface area contributed by atoms with E-state index in [0.717, 1.165) is 12.8 Å². The molecule has 0 aromatic carbocycles. The van der Waals surface area contributed by atoms with Gasteiger partial charge in [-0.05, 0) is 37.8 Å². The van der Waals surface area contributed by atoms with Crippen LogP contribution in [-0.2, 0) is 10.4 Å². The molecular formula is C14H20N2O3. The number of hydrogen-bond donors (Lipinski definition) is 3. The van der Waals surface area contributed by atoms with Crippen LogP contribution in [0.4, 0.5) is 0 Å². The molecular weight excluding hydrogens is 244 g/mol. The molecule has 2 rings (SSSR count). The minimum Gasteiger partial charge on any atom is -0.506 e. The predicted octanol–water partition coefficient (Wildman–Crippen LogP) is 1.44. The van der Waals surface area contributed by atoms with E-state index in [0.29, 0.717) is 25.0 Å². The first-order valence-corrected chi connectivity index (χ1v) is 6.71. The second-order valence-electron chi connectivity index (χ2n) is 5.13. The molecule has 3 N–H and O–H groups in total. The van der Waals surface area contributed by atoms with Gasteiger partial charge in [0.25, 0.3) is 0 Å². The van der Waals surface area contributed by atoms with Gasteiger partial charge in [0.2, 0.25) is 5.91 Å². The zero-order chi connectivity index (χ0) is 13.9. The Morgan fingerprint density at radius 1 is 1.47 bits per heavy atom. The summed E-state index contributed by atoms with van der Waals surface area (Å²) >= 11 is 0. The zero-order valence-electron chi connectivity index (χ0n) is 11.1. The summed E-state index contributed by atoms with van der Waals surface area (Å²) < 4.78 is 0. The maximum absolute atomic E-state index is 11.3. The largest absolute Gasteiger partial charge is 0.506 e. The van der Waals surface area contributed by atoms with E-state index in [4.69, 9.17) is 0 Å². The third kappa shape index (κ3) is 3.23. The number of nitrogens with one attached hydrogen (secondary N) is 1. The lowest BCUT2D eigenvalue weighted by Gasteiger charge is -2.35. The molecule has 19 heavy (non-hydrogen) atoms. The first-order chi connectivity index (χ1) is 9.03. The van der Waals surface area contributed by atoms with Crippen molar-refractivity contribution in [2.45, 2.75) is 50.7 Å². The molecule has 1 fully saturated rings. The van der Waals surface area contributed by atoms with Crippen molar-refractivity contribution < 1.29 is 15.0 Å². The van der Waals surface area contributed by atoms with Crippen molar-refractivity contribution in [2.75, 3.05) is 0 Å². The third-order valence-electron chi connectivity index (χ3n) is 3.72. The van der Waals surface area contributed by atoms with Crippen molar-refractivity contribution in [1.82, 2.24) is 10.3 Å². The van der Waals surface area contributed by atoms with E-state index in [-0.39, 0.29) is 17.7 Å². The molecule has 1 saturated carbocycles. The lowest BCUT2D eigenvalue weighted by atomic mass is 9.80. The van der Waals surface area contributed by atoms with Gasteiger partial charge >= 0.3 is 0 Å². The minimum atomic E-state index is -0.943. The molecule has 1 amide bonds. The van der Waals surface area contributed by atoms with Crippen LogP contribution in [0.3, 0.4) is 0 Å². The van der Waals surface area contributed by atoms with E-state index in [1.807, 2.05) is 6.92 Å². The molecule has 1 aromatic heterocycles. The summed E-state index contributed by atoms with van der Waals surface area (Å²) in [5.41, 5.74) is -0.355. The molecule has 0 bridgehead atoms. The summed E-state index contributed by atoms with van der Waals surface area (Å²) in [7, 11) is 0. The van der Waals surface area contributed by atoms with Crippen LogP contribution in [0.2, 0.25) is 0 Å². The van der Waals surface area contributed by atoms with Gasteiger partial charge in [0.15, 0.2) is 0 Å². The maximum atomic E-state index is 11.3. The predicted molar refractivity (Wildman–Crippen MR) is 70.5 cm³/mol. The van der Waals surface area contributed by atoms with Crippen molar-refractivity contribution >= 4 is 5.91 Å². The van der Waals surface area contributed by atoms with Crippen molar-refractivity contribution in [1.29, 1.82) is 0 Å². The Kier molecular flexibility index (Phi) is 4.04. The molecule has 1 heterocycles. The minimum absolute atomic E-state index is 0.0539. The molecule has 0 radical (unpaired) electrons. The van der Waals surface area contributed by atoms with Crippen LogP contribution in [0.1, 0.15) is 44.7 Å². The molecule has 1 aromatic rings. The first kappa shape index (κ1) is 13.8. The summed E-state index contributed by atoms with van der Waals surface area (Å²) in [5, 5.41) is 22.8. The Morgan fingerprint density at radius 3 is 2.68 bits per heavy atom. The van der Waals surface area contributed by atoms with Gasteiger partial charge in [-0.3, -0.25) is 9.78 Å². The smallest absolute Gasteiger partial charge is 0.219 e. The Balaban J connectivity index is 1.98. The lowest BCUT2D eigenvalue weighted by molar-refractivity contribution is -0.122. The highest BCUT2D eigenvalue weighted by molar-refractivity contribution is 5.75. The summed E-state index contributed by atoms with van der Waals surface area (Å²) in [6.07, 6.45) is 4.45. The Bertz CT molecular complexity index is 437. The molecule has 104 valence electrons. The van der Waals surface area contributed by atoms with Gasteiger partial charge in [-0.1, -0.05) is 6.92 Å². The Labute approximate surface area is 112 Å². The van der Waals surface area contributed by atoms with Crippen LogP contribution >= 0.6 is 0 Å². The molecule has 5 nitrogen and oxygen atoms in total. The van der Waals surface area contributed by atoms with Gasteiger partial charge in [0, 0.05) is 12.5 Å². The van der Waals surface area contributed by atoms with Gasteiger partial charge < -0.3 is 15.5 Å². The summed E-state index contributed by atoms with van der Waals surface area (Å²) in [6, 6.07) is 3.33. The lowest BCUT2D eigenvalue weighted by Crippen LogP contribution is -2.42. The summed E-state index contributed by atoms with van der Waals surface area (Å²) in [6.45, 7) is 1.83. The third-order valence-corrected chi connectivity index (χ3v) is 3.72. The summed E-state index contributed by atoms with van der Waals surface area (Å²) in [4.78, 5) is 15.4. The standard InChI is InChI=1S/C14H20N2O3/c1-2-13(18)16-10-5-7-14(19,8-6-10)12-4-3-11(17)9-15-12/h3-4,9-10,17,19H,2,5-8H2,1H3,(H,16,18). The fraction of sp³-hybridized carbons (Fsp3) is 0.571. The number of amides is 1. The molecule has 0 aliphatic heterocycles. The van der Waals surface area contributed by atoms with E-state index in [1.165, 1.54) is 12.3 Å². The highest BCUT2D eigenvalue weighted by Gasteiger charge is 2.36. The average molecular weight is 264 g/mol. The number of pyridine rings is 1. The Morgan fingerprint density at radius 2 is 2.16 bits per heavy atom. The van der Waals surface area contributed by atoms with E-state index in [9.17, 15) is 15.0 Å². The van der Waals surface area contributed by atoms with E-state index in [1.54, 1.807) is 6.07 Å². The molecule has 5 heteroatoms. The normalized spacial score (nSPS) is 26.9. The first-order valence-electron chi connectivity index (χ1n) is 6.71. The highest BCUT2D eigenvalue weighted by Crippen LogP contribution is 2.36. The van der Waals surface area contributed by atoms with Gasteiger partial charge in [0.05, 0.1) is 11.9 Å². The highest BCUT2D eigenvalue weighted by atomic mass is 16.3. The quantitative estimate of drug-likeness (QED) is 0.771. The summed E-state index contributed by atoms with van der Waals surface area (Å²) in [5.74, 6) is 0.148. The van der Waals surface area contributed by atoms with Crippen LogP contribution < -0.4 is 5.32 Å². The number of aliphatic hydroxyl groups is 1. The van der Waals surface area contributed by atoms with Crippen molar-refractivity contribution in [3.8, 4) is 5.75 Å². The monoisotopic (exact) mass is 264 g/mol. The number of aromatic hydroxyl groups is 1. The zero-order valence-corrected chi connectivity index (χ0v) is 11.1. The van der Waals surface area contributed by atoms with E-state index in [2.05, 4.69) is 10.3 Å². The van der Waals surface area contributed by atoms with Crippen LogP contribution in [-0.4, -0.2) is 27.1 Å². The van der Waals surface area contributed by atoms with Crippen molar-refractivity contribution in [3.63, 3.8) is 0 Å². The number of hydrogen-bond acceptors (Lipinski definition) is 4. The molecule has 1 aliphatic rings. The van der Waals surface area contributed by atoms with E-state index >= 15 is 0 Å². The molecule has 1 aliphatic carbocycles. The number of carbonyl (C=O) groups is 1. The van der Waals surface area contributed by atoms with Crippen molar-refractivity contribution in [3.05, 3.63) is 24.0 Å².